The molecule has 0 radical (unpaired) electrons. The Morgan fingerprint density at radius 2 is 1.63 bits per heavy atom. The maximum Gasteiger partial charge on any atom is 0.296 e. The summed E-state index contributed by atoms with van der Waals surface area (Å²) in [5, 5.41) is 11.7. The number of sulfonamides is 1. The van der Waals surface area contributed by atoms with Crippen LogP contribution in [0.3, 0.4) is 0 Å². The van der Waals surface area contributed by atoms with Gasteiger partial charge in [0.25, 0.3) is 17.6 Å². The van der Waals surface area contributed by atoms with Crippen molar-refractivity contribution in [2.45, 2.75) is 23.8 Å². The summed E-state index contributed by atoms with van der Waals surface area (Å²) >= 11 is 0. The molecule has 2 saturated heterocycles. The largest absolute Gasteiger partial charge is 0.507 e. The molecule has 3 aliphatic heterocycles. The molecule has 12 heteroatoms. The Morgan fingerprint density at radius 3 is 2.27 bits per heavy atom. The molecular weight excluding hydrogens is 548 g/mol. The summed E-state index contributed by atoms with van der Waals surface area (Å²) in [6.07, 6.45) is 0.638. The number of anilines is 1. The molecule has 1 atom stereocenters. The lowest BCUT2D eigenvalue weighted by molar-refractivity contribution is -0.144. The lowest BCUT2D eigenvalue weighted by Gasteiger charge is -2.36. The van der Waals surface area contributed by atoms with Gasteiger partial charge in [0.05, 0.1) is 29.4 Å². The van der Waals surface area contributed by atoms with Crippen LogP contribution in [0.15, 0.2) is 59.0 Å². The van der Waals surface area contributed by atoms with E-state index in [1.807, 2.05) is 6.92 Å². The third-order valence-corrected chi connectivity index (χ3v) is 9.74. The van der Waals surface area contributed by atoms with Gasteiger partial charge in [0, 0.05) is 57.9 Å². The fourth-order valence-electron chi connectivity index (χ4n) is 5.82. The molecule has 1 N–H and O–H groups in total. The number of ketones is 1. The van der Waals surface area contributed by atoms with Crippen molar-refractivity contribution in [1.82, 2.24) is 14.1 Å². The first-order valence-corrected chi connectivity index (χ1v) is 15.0. The maximum absolute atomic E-state index is 14.5. The van der Waals surface area contributed by atoms with Crippen molar-refractivity contribution in [3.63, 3.8) is 0 Å². The van der Waals surface area contributed by atoms with Gasteiger partial charge in [-0.3, -0.25) is 19.3 Å². The average molecular weight is 583 g/mol. The fourth-order valence-corrected chi connectivity index (χ4v) is 6.72. The van der Waals surface area contributed by atoms with E-state index in [2.05, 4.69) is 4.90 Å². The Morgan fingerprint density at radius 1 is 0.976 bits per heavy atom. The van der Waals surface area contributed by atoms with Gasteiger partial charge < -0.3 is 19.6 Å². The van der Waals surface area contributed by atoms with Crippen LogP contribution >= 0.6 is 0 Å². The van der Waals surface area contributed by atoms with Gasteiger partial charge in [-0.2, -0.15) is 0 Å². The first-order chi connectivity index (χ1) is 19.6. The minimum Gasteiger partial charge on any atom is -0.507 e. The van der Waals surface area contributed by atoms with Gasteiger partial charge in [0.2, 0.25) is 10.0 Å². The number of hydrogen-bond donors (Lipinski definition) is 1. The molecule has 2 amide bonds. The highest BCUT2D eigenvalue weighted by Crippen LogP contribution is 2.53. The second kappa shape index (κ2) is 11.0. The summed E-state index contributed by atoms with van der Waals surface area (Å²) in [6, 6.07) is 12.4. The van der Waals surface area contributed by atoms with Crippen LogP contribution in [-0.4, -0.2) is 105 Å². The first-order valence-electron chi connectivity index (χ1n) is 13.6. The Labute approximate surface area is 239 Å². The molecule has 41 heavy (non-hydrogen) atoms. The van der Waals surface area contributed by atoms with E-state index >= 15 is 0 Å². The third-order valence-electron chi connectivity index (χ3n) is 7.91. The van der Waals surface area contributed by atoms with Crippen LogP contribution in [-0.2, 0) is 34.7 Å². The SMILES string of the molecule is CCCN1C(=O)[C@@]2(C(=C(O)c3ccc(S(=O)(=O)N(C)C)cc3)C(=O)C(=O)N2CCN2CCOCC2)c2ccccc21. The molecule has 11 nitrogen and oxygen atoms in total. The highest BCUT2D eigenvalue weighted by molar-refractivity contribution is 7.89. The molecule has 3 heterocycles. The predicted octanol–water partition coefficient (Wildman–Crippen LogP) is 1.60. The number of amides is 2. The molecule has 0 bridgehead atoms. The number of benzene rings is 2. The van der Waals surface area contributed by atoms with E-state index in [0.717, 1.165) is 4.31 Å². The van der Waals surface area contributed by atoms with Gasteiger partial charge in [-0.1, -0.05) is 25.1 Å². The average Bonchev–Trinajstić information content (AvgIpc) is 3.35. The number of para-hydroxylation sites is 1. The molecule has 2 aromatic rings. The molecule has 2 fully saturated rings. The number of carbonyl (C=O) groups is 3. The highest BCUT2D eigenvalue weighted by Gasteiger charge is 2.67. The predicted molar refractivity (Wildman–Crippen MR) is 152 cm³/mol. The van der Waals surface area contributed by atoms with Gasteiger partial charge in [0.1, 0.15) is 5.76 Å². The molecule has 1 spiro atoms. The normalized spacial score (nSPS) is 22.8. The number of fused-ring (bicyclic) bond motifs is 2. The Kier molecular flexibility index (Phi) is 7.77. The molecule has 0 saturated carbocycles. The third kappa shape index (κ3) is 4.55. The molecule has 0 unspecified atom stereocenters. The molecule has 2 aromatic carbocycles. The number of hydrogen-bond acceptors (Lipinski definition) is 8. The van der Waals surface area contributed by atoms with Crippen LogP contribution < -0.4 is 4.90 Å². The number of rotatable bonds is 8. The first kappa shape index (κ1) is 28.9. The number of nitrogens with zero attached hydrogens (tertiary/aromatic N) is 4. The van der Waals surface area contributed by atoms with Crippen LogP contribution in [0.4, 0.5) is 5.69 Å². The second-order valence-corrected chi connectivity index (χ2v) is 12.6. The number of aliphatic hydroxyl groups is 1. The van der Waals surface area contributed by atoms with Crippen molar-refractivity contribution in [3.8, 4) is 0 Å². The van der Waals surface area contributed by atoms with Gasteiger partial charge in [-0.25, -0.2) is 12.7 Å². The molecule has 3 aliphatic rings. The van der Waals surface area contributed by atoms with Crippen molar-refractivity contribution >= 4 is 39.1 Å². The molecule has 0 aliphatic carbocycles. The van der Waals surface area contributed by atoms with Crippen LogP contribution in [0, 0.1) is 0 Å². The van der Waals surface area contributed by atoms with Crippen molar-refractivity contribution in [3.05, 3.63) is 65.2 Å². The lowest BCUT2D eigenvalue weighted by Crippen LogP contribution is -2.54. The maximum atomic E-state index is 14.5. The fraction of sp³-hybridized carbons (Fsp3) is 0.414. The number of carbonyl (C=O) groups excluding carboxylic acids is 3. The standard InChI is InChI=1S/C29H34N4O7S/c1-4-13-32-23-8-6-5-7-22(23)29(28(32)37)24(25(34)20-9-11-21(12-10-20)41(38,39)30(2)3)26(35)27(36)33(29)15-14-31-16-18-40-19-17-31/h5-12,34H,4,13-19H2,1-3H3/t29-/m0/s1. The van der Waals surface area contributed by atoms with Crippen LogP contribution in [0.5, 0.6) is 0 Å². The summed E-state index contributed by atoms with van der Waals surface area (Å²) in [6.45, 7) is 5.21. The van der Waals surface area contributed by atoms with Gasteiger partial charge >= 0.3 is 0 Å². The van der Waals surface area contributed by atoms with E-state index in [0.29, 0.717) is 57.1 Å². The van der Waals surface area contributed by atoms with Crippen LogP contribution in [0.2, 0.25) is 0 Å². The molecule has 0 aromatic heterocycles. The molecular formula is C29H34N4O7S. The van der Waals surface area contributed by atoms with E-state index in [9.17, 15) is 27.9 Å². The Hall–Kier alpha value is -3.58. The minimum absolute atomic E-state index is 0.00358. The monoisotopic (exact) mass is 582 g/mol. The van der Waals surface area contributed by atoms with Gasteiger partial charge in [-0.15, -0.1) is 0 Å². The molecule has 5 rings (SSSR count). The van der Waals surface area contributed by atoms with Crippen molar-refractivity contribution in [2.75, 3.05) is 64.9 Å². The zero-order valence-corrected chi connectivity index (χ0v) is 24.2. The molecule has 218 valence electrons. The topological polar surface area (TPSA) is 128 Å². The zero-order valence-electron chi connectivity index (χ0n) is 23.4. The summed E-state index contributed by atoms with van der Waals surface area (Å²) in [5.74, 6) is -2.84. The number of likely N-dealkylation sites (tertiary alicyclic amines) is 1. The van der Waals surface area contributed by atoms with Gasteiger partial charge in [0.15, 0.2) is 5.54 Å². The number of Topliss-reactive ketones (excluding diaryl/α,β-unsaturated/α-hetero) is 1. The van der Waals surface area contributed by atoms with Crippen molar-refractivity contribution in [2.24, 2.45) is 0 Å². The van der Waals surface area contributed by atoms with E-state index in [4.69, 9.17) is 4.74 Å². The van der Waals surface area contributed by atoms with E-state index < -0.39 is 38.9 Å². The smallest absolute Gasteiger partial charge is 0.296 e. The van der Waals surface area contributed by atoms with Crippen LogP contribution in [0.1, 0.15) is 24.5 Å². The lowest BCUT2D eigenvalue weighted by atomic mass is 9.82. The van der Waals surface area contributed by atoms with E-state index in [-0.39, 0.29) is 22.6 Å². The second-order valence-electron chi connectivity index (χ2n) is 10.5. The van der Waals surface area contributed by atoms with E-state index in [1.165, 1.54) is 43.3 Å². The number of aliphatic hydroxyl groups excluding tert-OH is 1. The van der Waals surface area contributed by atoms with E-state index in [1.54, 1.807) is 29.2 Å². The Bertz CT molecular complexity index is 1510. The summed E-state index contributed by atoms with van der Waals surface area (Å²) in [7, 11) is -0.920. The number of ether oxygens (including phenoxy) is 1. The summed E-state index contributed by atoms with van der Waals surface area (Å²) in [4.78, 5) is 46.9. The van der Waals surface area contributed by atoms with Crippen molar-refractivity contribution < 1.29 is 32.6 Å². The Balaban J connectivity index is 1.68. The quantitative estimate of drug-likeness (QED) is 0.283. The van der Waals surface area contributed by atoms with Crippen LogP contribution in [0.25, 0.3) is 5.76 Å². The summed E-state index contributed by atoms with van der Waals surface area (Å²) in [5.41, 5.74) is -1.02. The minimum atomic E-state index is -3.74. The zero-order chi connectivity index (χ0) is 29.5. The summed E-state index contributed by atoms with van der Waals surface area (Å²) < 4.78 is 31.6. The van der Waals surface area contributed by atoms with Crippen molar-refractivity contribution in [1.29, 1.82) is 0 Å². The highest BCUT2D eigenvalue weighted by atomic mass is 32.2. The van der Waals surface area contributed by atoms with Gasteiger partial charge in [-0.05, 0) is 36.8 Å². The number of morpholine rings is 1.